The van der Waals surface area contributed by atoms with Gasteiger partial charge in [-0.15, -0.1) is 0 Å². The van der Waals surface area contributed by atoms with E-state index in [1.54, 1.807) is 0 Å². The molecule has 1 N–H and O–H groups in total. The average molecular weight is 409 g/mol. The molecule has 1 amide bonds. The van der Waals surface area contributed by atoms with Crippen LogP contribution < -0.4 is 10.1 Å². The van der Waals surface area contributed by atoms with Crippen molar-refractivity contribution in [1.29, 1.82) is 0 Å². The van der Waals surface area contributed by atoms with E-state index in [1.807, 2.05) is 47.4 Å². The van der Waals surface area contributed by atoms with Crippen LogP contribution in [0.2, 0.25) is 0 Å². The number of ether oxygens (including phenoxy) is 2. The number of nitrogens with zero attached hydrogens (tertiary/aromatic N) is 1. The lowest BCUT2D eigenvalue weighted by atomic mass is 9.92. The van der Waals surface area contributed by atoms with Gasteiger partial charge in [0.05, 0.1) is 18.3 Å². The third-order valence-corrected chi connectivity index (χ3v) is 6.15. The van der Waals surface area contributed by atoms with Gasteiger partial charge in [0, 0.05) is 24.4 Å². The normalized spacial score (nSPS) is 23.2. The number of para-hydroxylation sites is 2. The monoisotopic (exact) mass is 408 g/mol. The van der Waals surface area contributed by atoms with E-state index in [4.69, 9.17) is 9.47 Å². The molecule has 5 nitrogen and oxygen atoms in total. The van der Waals surface area contributed by atoms with Crippen LogP contribution in [0.3, 0.4) is 0 Å². The molecule has 1 fully saturated rings. The number of hydrogen-bond donors (Lipinski definition) is 1. The maximum Gasteiger partial charge on any atom is 0.258 e. The van der Waals surface area contributed by atoms with Gasteiger partial charge in [-0.25, -0.2) is 0 Å². The fraction of sp³-hybridized carbons (Fsp3) is 0.480. The molecule has 30 heavy (non-hydrogen) atoms. The second-order valence-corrected chi connectivity index (χ2v) is 8.35. The number of benzene rings is 2. The summed E-state index contributed by atoms with van der Waals surface area (Å²) in [6, 6.07) is 15.8. The van der Waals surface area contributed by atoms with Gasteiger partial charge < -0.3 is 19.7 Å². The summed E-state index contributed by atoms with van der Waals surface area (Å²) in [5.41, 5.74) is 1.81. The van der Waals surface area contributed by atoms with Crippen LogP contribution in [-0.4, -0.2) is 36.7 Å². The van der Waals surface area contributed by atoms with Crippen molar-refractivity contribution in [3.05, 3.63) is 59.7 Å². The number of fused-ring (bicyclic) bond motifs is 1. The van der Waals surface area contributed by atoms with E-state index in [-0.39, 0.29) is 12.0 Å². The van der Waals surface area contributed by atoms with Crippen molar-refractivity contribution < 1.29 is 14.3 Å². The Labute approximate surface area is 179 Å². The molecule has 0 spiro atoms. The molecule has 2 aliphatic rings. The first-order valence-corrected chi connectivity index (χ1v) is 11.2. The Kier molecular flexibility index (Phi) is 6.28. The number of carbonyl (C=O) groups is 1. The zero-order chi connectivity index (χ0) is 21.0. The quantitative estimate of drug-likeness (QED) is 0.612. The molecular weight excluding hydrogens is 376 g/mol. The lowest BCUT2D eigenvalue weighted by Gasteiger charge is -2.47. The van der Waals surface area contributed by atoms with Gasteiger partial charge in [0.2, 0.25) is 0 Å². The second-order valence-electron chi connectivity index (χ2n) is 8.35. The van der Waals surface area contributed by atoms with Gasteiger partial charge in [-0.1, -0.05) is 50.1 Å². The number of nitrogens with one attached hydrogen (secondary N) is 1. The molecule has 2 aromatic carbocycles. The van der Waals surface area contributed by atoms with Crippen LogP contribution in [0.4, 0.5) is 5.69 Å². The van der Waals surface area contributed by atoms with Gasteiger partial charge in [-0.3, -0.25) is 4.79 Å². The largest absolute Gasteiger partial charge is 0.493 e. The predicted octanol–water partition coefficient (Wildman–Crippen LogP) is 5.18. The van der Waals surface area contributed by atoms with E-state index in [2.05, 4.69) is 25.2 Å². The molecule has 2 aliphatic heterocycles. The van der Waals surface area contributed by atoms with Crippen molar-refractivity contribution >= 4 is 11.6 Å². The number of amides is 1. The summed E-state index contributed by atoms with van der Waals surface area (Å²) < 4.78 is 12.1. The van der Waals surface area contributed by atoms with Gasteiger partial charge in [0.15, 0.2) is 0 Å². The summed E-state index contributed by atoms with van der Waals surface area (Å²) in [6.07, 6.45) is 5.43. The van der Waals surface area contributed by atoms with Crippen LogP contribution in [0.25, 0.3) is 0 Å². The molecule has 2 atom stereocenters. The Hall–Kier alpha value is -2.53. The van der Waals surface area contributed by atoms with Gasteiger partial charge in [0.1, 0.15) is 11.4 Å². The minimum Gasteiger partial charge on any atom is -0.493 e. The fourth-order valence-corrected chi connectivity index (χ4v) is 4.46. The Balaban J connectivity index is 1.70. The SMILES string of the molecule is CCCCCOc1ccccc1C1(C)Nc2ccccc2C(=O)N1CC1CCCO1. The highest BCUT2D eigenvalue weighted by Gasteiger charge is 2.45. The van der Waals surface area contributed by atoms with Crippen molar-refractivity contribution in [2.24, 2.45) is 0 Å². The molecule has 0 aromatic heterocycles. The van der Waals surface area contributed by atoms with Crippen molar-refractivity contribution in [2.75, 3.05) is 25.1 Å². The fourth-order valence-electron chi connectivity index (χ4n) is 4.46. The highest BCUT2D eigenvalue weighted by Crippen LogP contribution is 2.41. The summed E-state index contributed by atoms with van der Waals surface area (Å²) in [4.78, 5) is 15.5. The maximum atomic E-state index is 13.6. The van der Waals surface area contributed by atoms with Crippen molar-refractivity contribution in [3.63, 3.8) is 0 Å². The van der Waals surface area contributed by atoms with Gasteiger partial charge in [-0.05, 0) is 44.4 Å². The Morgan fingerprint density at radius 3 is 2.77 bits per heavy atom. The minimum absolute atomic E-state index is 0.0307. The van der Waals surface area contributed by atoms with E-state index in [9.17, 15) is 4.79 Å². The Bertz CT molecular complexity index is 878. The summed E-state index contributed by atoms with van der Waals surface area (Å²) in [6.45, 7) is 6.26. The summed E-state index contributed by atoms with van der Waals surface area (Å²) in [5.74, 6) is 0.858. The first-order valence-electron chi connectivity index (χ1n) is 11.2. The summed E-state index contributed by atoms with van der Waals surface area (Å²) >= 11 is 0. The highest BCUT2D eigenvalue weighted by molar-refractivity contribution is 6.02. The molecular formula is C25H32N2O3. The van der Waals surface area contributed by atoms with Crippen molar-refractivity contribution in [2.45, 2.75) is 57.7 Å². The molecule has 4 rings (SSSR count). The average Bonchev–Trinajstić information content (AvgIpc) is 3.28. The second kappa shape index (κ2) is 9.09. The molecule has 2 heterocycles. The molecule has 2 unspecified atom stereocenters. The van der Waals surface area contributed by atoms with Crippen LogP contribution in [0.1, 0.15) is 61.9 Å². The standard InChI is InChI=1S/C25H32N2O3/c1-3-4-9-16-30-23-15-8-6-13-21(23)25(2)26-22-14-7-5-12-20(22)24(28)27(25)18-19-11-10-17-29-19/h5-8,12-15,19,26H,3-4,9-11,16-18H2,1-2H3. The van der Waals surface area contributed by atoms with E-state index in [0.717, 1.165) is 55.7 Å². The van der Waals surface area contributed by atoms with Crippen LogP contribution in [0.15, 0.2) is 48.5 Å². The molecule has 5 heteroatoms. The molecule has 0 bridgehead atoms. The molecule has 160 valence electrons. The van der Waals surface area contributed by atoms with Crippen LogP contribution >= 0.6 is 0 Å². The van der Waals surface area contributed by atoms with E-state index in [1.165, 1.54) is 0 Å². The summed E-state index contributed by atoms with van der Waals surface area (Å²) in [7, 11) is 0. The topological polar surface area (TPSA) is 50.8 Å². The first-order chi connectivity index (χ1) is 14.6. The molecule has 0 aliphatic carbocycles. The first kappa shape index (κ1) is 20.7. The van der Waals surface area contributed by atoms with Crippen molar-refractivity contribution in [1.82, 2.24) is 4.90 Å². The number of hydrogen-bond acceptors (Lipinski definition) is 4. The number of carbonyl (C=O) groups excluding carboxylic acids is 1. The smallest absolute Gasteiger partial charge is 0.258 e. The molecule has 2 aromatic rings. The third-order valence-electron chi connectivity index (χ3n) is 6.15. The Morgan fingerprint density at radius 1 is 1.17 bits per heavy atom. The van der Waals surface area contributed by atoms with Gasteiger partial charge in [-0.2, -0.15) is 0 Å². The zero-order valence-electron chi connectivity index (χ0n) is 18.0. The number of anilines is 1. The van der Waals surface area contributed by atoms with Crippen LogP contribution in [0, 0.1) is 0 Å². The lowest BCUT2D eigenvalue weighted by Crippen LogP contribution is -2.57. The van der Waals surface area contributed by atoms with E-state index in [0.29, 0.717) is 18.7 Å². The van der Waals surface area contributed by atoms with Crippen LogP contribution in [0.5, 0.6) is 5.75 Å². The van der Waals surface area contributed by atoms with Crippen molar-refractivity contribution in [3.8, 4) is 5.75 Å². The van der Waals surface area contributed by atoms with E-state index < -0.39 is 5.66 Å². The molecule has 1 saturated heterocycles. The zero-order valence-corrected chi connectivity index (χ0v) is 18.0. The lowest BCUT2D eigenvalue weighted by molar-refractivity contribution is 0.0236. The van der Waals surface area contributed by atoms with Gasteiger partial charge in [0.25, 0.3) is 5.91 Å². The molecule has 0 saturated carbocycles. The number of unbranched alkanes of at least 4 members (excludes halogenated alkanes) is 2. The minimum atomic E-state index is -0.723. The maximum absolute atomic E-state index is 13.6. The summed E-state index contributed by atoms with van der Waals surface area (Å²) in [5, 5.41) is 3.66. The highest BCUT2D eigenvalue weighted by atomic mass is 16.5. The predicted molar refractivity (Wildman–Crippen MR) is 119 cm³/mol. The third kappa shape index (κ3) is 4.04. The molecule has 0 radical (unpaired) electrons. The van der Waals surface area contributed by atoms with Gasteiger partial charge >= 0.3 is 0 Å². The number of rotatable bonds is 8. The van der Waals surface area contributed by atoms with E-state index >= 15 is 0 Å². The Morgan fingerprint density at radius 2 is 1.97 bits per heavy atom. The van der Waals surface area contributed by atoms with Crippen LogP contribution in [-0.2, 0) is 10.4 Å².